The second kappa shape index (κ2) is 5.73. The maximum absolute atomic E-state index is 11.4. The second-order valence-electron chi connectivity index (χ2n) is 5.08. The summed E-state index contributed by atoms with van der Waals surface area (Å²) in [5.41, 5.74) is 3.48. The van der Waals surface area contributed by atoms with Crippen molar-refractivity contribution in [2.45, 2.75) is 0 Å². The van der Waals surface area contributed by atoms with Crippen LogP contribution in [-0.4, -0.2) is 17.5 Å². The predicted molar refractivity (Wildman–Crippen MR) is 91.4 cm³/mol. The molecular weight excluding hydrogens is 310 g/mol. The minimum atomic E-state index is -0.139. The maximum atomic E-state index is 11.4. The van der Waals surface area contributed by atoms with Crippen molar-refractivity contribution in [2.75, 3.05) is 17.2 Å². The molecule has 1 aliphatic heterocycles. The van der Waals surface area contributed by atoms with Gasteiger partial charge in [-0.2, -0.15) is 0 Å². The van der Waals surface area contributed by atoms with E-state index in [2.05, 4.69) is 15.6 Å². The van der Waals surface area contributed by atoms with Crippen LogP contribution in [0.3, 0.4) is 0 Å². The fraction of sp³-hybridized carbons (Fsp3) is 0.0588. The van der Waals surface area contributed by atoms with Crippen LogP contribution in [0.1, 0.15) is 0 Å². The number of rotatable bonds is 3. The number of anilines is 3. The molecule has 1 amide bonds. The smallest absolute Gasteiger partial charge is 0.262 e. The van der Waals surface area contributed by atoms with Crippen molar-refractivity contribution in [3.8, 4) is 17.0 Å². The maximum Gasteiger partial charge on any atom is 0.262 e. The van der Waals surface area contributed by atoms with E-state index in [0.717, 1.165) is 22.1 Å². The Morgan fingerprint density at radius 2 is 2.04 bits per heavy atom. The number of nitrogens with zero attached hydrogens (tertiary/aromatic N) is 1. The zero-order valence-corrected chi connectivity index (χ0v) is 12.9. The highest BCUT2D eigenvalue weighted by atomic mass is 32.1. The first-order valence-corrected chi connectivity index (χ1v) is 8.00. The molecule has 2 N–H and O–H groups in total. The topological polar surface area (TPSA) is 63.2 Å². The molecule has 1 aliphatic rings. The van der Waals surface area contributed by atoms with Crippen molar-refractivity contribution in [3.63, 3.8) is 0 Å². The van der Waals surface area contributed by atoms with E-state index >= 15 is 0 Å². The number of thiazole rings is 1. The number of benzene rings is 2. The van der Waals surface area contributed by atoms with Gasteiger partial charge in [0.25, 0.3) is 5.91 Å². The highest BCUT2D eigenvalue weighted by Gasteiger charge is 2.17. The highest BCUT2D eigenvalue weighted by molar-refractivity contribution is 7.14. The number of hydrogen-bond donors (Lipinski definition) is 2. The van der Waals surface area contributed by atoms with Gasteiger partial charge in [0.1, 0.15) is 5.75 Å². The average molecular weight is 323 g/mol. The van der Waals surface area contributed by atoms with E-state index < -0.39 is 0 Å². The molecule has 6 heteroatoms. The van der Waals surface area contributed by atoms with Crippen LogP contribution in [-0.2, 0) is 4.79 Å². The van der Waals surface area contributed by atoms with E-state index in [1.54, 1.807) is 0 Å². The fourth-order valence-electron chi connectivity index (χ4n) is 2.35. The Balaban J connectivity index is 1.59. The molecule has 0 fully saturated rings. The van der Waals surface area contributed by atoms with Gasteiger partial charge in [0.15, 0.2) is 11.7 Å². The van der Waals surface area contributed by atoms with Crippen LogP contribution < -0.4 is 15.4 Å². The molecule has 5 nitrogen and oxygen atoms in total. The third-order valence-electron chi connectivity index (χ3n) is 3.44. The van der Waals surface area contributed by atoms with Crippen LogP contribution in [0.4, 0.5) is 16.5 Å². The molecule has 0 unspecified atom stereocenters. The summed E-state index contributed by atoms with van der Waals surface area (Å²) >= 11 is 1.54. The molecule has 0 saturated heterocycles. The van der Waals surface area contributed by atoms with Crippen molar-refractivity contribution < 1.29 is 9.53 Å². The van der Waals surface area contributed by atoms with Crippen LogP contribution in [0, 0.1) is 0 Å². The van der Waals surface area contributed by atoms with Gasteiger partial charge in [-0.25, -0.2) is 4.98 Å². The fourth-order valence-corrected chi connectivity index (χ4v) is 3.09. The number of hydrogen-bond acceptors (Lipinski definition) is 5. The molecule has 1 aromatic heterocycles. The molecule has 3 aromatic rings. The van der Waals surface area contributed by atoms with Crippen molar-refractivity contribution in [1.82, 2.24) is 4.98 Å². The van der Waals surface area contributed by atoms with Gasteiger partial charge in [-0.05, 0) is 30.3 Å². The Bertz CT molecular complexity index is 861. The van der Waals surface area contributed by atoms with Gasteiger partial charge in [-0.15, -0.1) is 11.3 Å². The largest absolute Gasteiger partial charge is 0.482 e. The van der Waals surface area contributed by atoms with E-state index in [-0.39, 0.29) is 12.5 Å². The summed E-state index contributed by atoms with van der Waals surface area (Å²) in [7, 11) is 0. The average Bonchev–Trinajstić information content (AvgIpc) is 3.03. The molecule has 2 aromatic carbocycles. The van der Waals surface area contributed by atoms with Crippen LogP contribution in [0.2, 0.25) is 0 Å². The van der Waals surface area contributed by atoms with E-state index in [0.29, 0.717) is 11.4 Å². The number of fused-ring (bicyclic) bond motifs is 1. The number of amides is 1. The summed E-state index contributed by atoms with van der Waals surface area (Å²) < 4.78 is 5.37. The third kappa shape index (κ3) is 2.89. The molecule has 0 radical (unpaired) electrons. The third-order valence-corrected chi connectivity index (χ3v) is 4.20. The summed E-state index contributed by atoms with van der Waals surface area (Å²) in [4.78, 5) is 16.0. The number of para-hydroxylation sites is 1. The van der Waals surface area contributed by atoms with E-state index in [9.17, 15) is 4.79 Å². The Labute approximate surface area is 137 Å². The normalized spacial score (nSPS) is 13.0. The lowest BCUT2D eigenvalue weighted by Crippen LogP contribution is -2.25. The second-order valence-corrected chi connectivity index (χ2v) is 5.93. The lowest BCUT2D eigenvalue weighted by Gasteiger charge is -2.18. The van der Waals surface area contributed by atoms with Crippen molar-refractivity contribution in [3.05, 3.63) is 53.9 Å². The molecule has 0 spiro atoms. The van der Waals surface area contributed by atoms with Crippen LogP contribution in [0.25, 0.3) is 11.3 Å². The monoisotopic (exact) mass is 323 g/mol. The van der Waals surface area contributed by atoms with Gasteiger partial charge >= 0.3 is 0 Å². The molecule has 0 aliphatic carbocycles. The molecule has 114 valence electrons. The number of carbonyl (C=O) groups is 1. The van der Waals surface area contributed by atoms with Crippen LogP contribution >= 0.6 is 11.3 Å². The number of ether oxygens (including phenoxy) is 1. The van der Waals surface area contributed by atoms with E-state index in [1.165, 1.54) is 11.3 Å². The summed E-state index contributed by atoms with van der Waals surface area (Å²) in [6.07, 6.45) is 0. The Morgan fingerprint density at radius 3 is 2.91 bits per heavy atom. The van der Waals surface area contributed by atoms with E-state index in [1.807, 2.05) is 53.9 Å². The SMILES string of the molecule is O=C1COc2ccc(-c3csc(Nc4ccccc4)n3)cc2N1. The first-order valence-electron chi connectivity index (χ1n) is 7.12. The zero-order chi connectivity index (χ0) is 15.6. The van der Waals surface area contributed by atoms with Gasteiger partial charge in [0, 0.05) is 16.6 Å². The summed E-state index contributed by atoms with van der Waals surface area (Å²) in [5, 5.41) is 8.90. The van der Waals surface area contributed by atoms with Gasteiger partial charge < -0.3 is 15.4 Å². The Kier molecular flexibility index (Phi) is 3.44. The molecular formula is C17H13N3O2S. The van der Waals surface area contributed by atoms with Crippen molar-refractivity contribution >= 4 is 33.8 Å². The summed E-state index contributed by atoms with van der Waals surface area (Å²) in [6.45, 7) is 0.0637. The molecule has 0 atom stereocenters. The van der Waals surface area contributed by atoms with Gasteiger partial charge in [0.2, 0.25) is 0 Å². The lowest BCUT2D eigenvalue weighted by atomic mass is 10.1. The van der Waals surface area contributed by atoms with Gasteiger partial charge in [0.05, 0.1) is 11.4 Å². The quantitative estimate of drug-likeness (QED) is 0.768. The minimum absolute atomic E-state index is 0.0637. The number of nitrogens with one attached hydrogen (secondary N) is 2. The molecule has 0 bridgehead atoms. The van der Waals surface area contributed by atoms with Crippen LogP contribution in [0.5, 0.6) is 5.75 Å². The van der Waals surface area contributed by atoms with Crippen molar-refractivity contribution in [2.24, 2.45) is 0 Å². The first-order chi connectivity index (χ1) is 11.3. The van der Waals surface area contributed by atoms with Gasteiger partial charge in [-0.3, -0.25) is 4.79 Å². The zero-order valence-electron chi connectivity index (χ0n) is 12.1. The molecule has 4 rings (SSSR count). The molecule has 2 heterocycles. The minimum Gasteiger partial charge on any atom is -0.482 e. The highest BCUT2D eigenvalue weighted by Crippen LogP contribution is 2.34. The predicted octanol–water partition coefficient (Wildman–Crippen LogP) is 3.88. The lowest BCUT2D eigenvalue weighted by molar-refractivity contribution is -0.118. The summed E-state index contributed by atoms with van der Waals surface area (Å²) in [6, 6.07) is 15.6. The molecule has 23 heavy (non-hydrogen) atoms. The number of aromatic nitrogens is 1. The van der Waals surface area contributed by atoms with Crippen LogP contribution in [0.15, 0.2) is 53.9 Å². The Morgan fingerprint density at radius 1 is 1.17 bits per heavy atom. The summed E-state index contributed by atoms with van der Waals surface area (Å²) in [5.74, 6) is 0.547. The Hall–Kier alpha value is -2.86. The standard InChI is InChI=1S/C17H13N3O2S/c21-16-9-22-15-7-6-11(8-13(15)19-16)14-10-23-17(20-14)18-12-4-2-1-3-5-12/h1-8,10H,9H2,(H,18,20)(H,19,21). The van der Waals surface area contributed by atoms with E-state index in [4.69, 9.17) is 4.74 Å². The number of carbonyl (C=O) groups excluding carboxylic acids is 1. The first kappa shape index (κ1) is 13.8. The van der Waals surface area contributed by atoms with Gasteiger partial charge in [-0.1, -0.05) is 18.2 Å². The van der Waals surface area contributed by atoms with Crippen molar-refractivity contribution in [1.29, 1.82) is 0 Å². The molecule has 0 saturated carbocycles.